The Hall–Kier alpha value is -1.06. The molecule has 3 heteroatoms. The van der Waals surface area contributed by atoms with Gasteiger partial charge in [-0.05, 0) is 43.4 Å². The molecule has 0 spiro atoms. The topological polar surface area (TPSA) is 32.7 Å². The fourth-order valence-corrected chi connectivity index (χ4v) is 3.31. The van der Waals surface area contributed by atoms with E-state index in [-0.39, 0.29) is 0 Å². The zero-order valence-corrected chi connectivity index (χ0v) is 10.9. The van der Waals surface area contributed by atoms with Gasteiger partial charge in [-0.15, -0.1) is 0 Å². The third-order valence-electron chi connectivity index (χ3n) is 4.16. The van der Waals surface area contributed by atoms with E-state index in [1.165, 1.54) is 18.4 Å². The number of hydrogen-bond donors (Lipinski definition) is 1. The van der Waals surface area contributed by atoms with Crippen LogP contribution in [0.2, 0.25) is 0 Å². The van der Waals surface area contributed by atoms with Crippen LogP contribution < -0.4 is 0 Å². The van der Waals surface area contributed by atoms with Gasteiger partial charge in [0.05, 0.1) is 12.7 Å². The standard InChI is InChI=1S/C15H21NO2/c1-11-10-16(8-9-18-11)14-6-2-5-13-12(14)4-3-7-15(13)17/h3-4,7,11,14,17H,2,5-6,8-10H2,1H3. The maximum absolute atomic E-state index is 9.98. The highest BCUT2D eigenvalue weighted by Crippen LogP contribution is 2.38. The van der Waals surface area contributed by atoms with Crippen molar-refractivity contribution in [3.63, 3.8) is 0 Å². The van der Waals surface area contributed by atoms with E-state index in [9.17, 15) is 5.11 Å². The van der Waals surface area contributed by atoms with Crippen LogP contribution in [0.1, 0.15) is 36.9 Å². The van der Waals surface area contributed by atoms with Gasteiger partial charge in [0.15, 0.2) is 0 Å². The second kappa shape index (κ2) is 4.90. The predicted molar refractivity (Wildman–Crippen MR) is 70.8 cm³/mol. The summed E-state index contributed by atoms with van der Waals surface area (Å²) in [6.45, 7) is 4.97. The van der Waals surface area contributed by atoms with Gasteiger partial charge in [0.25, 0.3) is 0 Å². The van der Waals surface area contributed by atoms with Crippen LogP contribution in [0.25, 0.3) is 0 Å². The highest BCUT2D eigenvalue weighted by Gasteiger charge is 2.29. The van der Waals surface area contributed by atoms with Crippen molar-refractivity contribution in [1.82, 2.24) is 4.90 Å². The third-order valence-corrected chi connectivity index (χ3v) is 4.16. The largest absolute Gasteiger partial charge is 0.508 e. The molecular weight excluding hydrogens is 226 g/mol. The lowest BCUT2D eigenvalue weighted by molar-refractivity contribution is -0.0371. The SMILES string of the molecule is CC1CN(C2CCCc3c(O)cccc32)CCO1. The molecule has 0 amide bonds. The summed E-state index contributed by atoms with van der Waals surface area (Å²) in [6, 6.07) is 6.42. The summed E-state index contributed by atoms with van der Waals surface area (Å²) in [5, 5.41) is 9.98. The Morgan fingerprint density at radius 2 is 2.28 bits per heavy atom. The third kappa shape index (κ3) is 2.13. The van der Waals surface area contributed by atoms with Crippen LogP contribution in [-0.4, -0.2) is 35.8 Å². The molecule has 0 aromatic heterocycles. The number of nitrogens with zero attached hydrogens (tertiary/aromatic N) is 1. The van der Waals surface area contributed by atoms with E-state index in [0.717, 1.165) is 31.7 Å². The number of aromatic hydroxyl groups is 1. The second-order valence-electron chi connectivity index (χ2n) is 5.43. The molecule has 2 unspecified atom stereocenters. The van der Waals surface area contributed by atoms with Gasteiger partial charge in [-0.2, -0.15) is 0 Å². The van der Waals surface area contributed by atoms with E-state index < -0.39 is 0 Å². The van der Waals surface area contributed by atoms with E-state index in [2.05, 4.69) is 17.9 Å². The molecule has 18 heavy (non-hydrogen) atoms. The van der Waals surface area contributed by atoms with Crippen LogP contribution in [0.4, 0.5) is 0 Å². The fourth-order valence-electron chi connectivity index (χ4n) is 3.31. The maximum atomic E-state index is 9.98. The lowest BCUT2D eigenvalue weighted by atomic mass is 9.86. The molecule has 1 fully saturated rings. The van der Waals surface area contributed by atoms with E-state index in [4.69, 9.17) is 4.74 Å². The minimum atomic E-state index is 0.321. The number of hydrogen-bond acceptors (Lipinski definition) is 3. The Kier molecular flexibility index (Phi) is 3.27. The first kappa shape index (κ1) is 12.0. The molecule has 1 heterocycles. The fraction of sp³-hybridized carbons (Fsp3) is 0.600. The number of phenolic OH excluding ortho intramolecular Hbond substituents is 1. The van der Waals surface area contributed by atoms with Crippen LogP contribution in [-0.2, 0) is 11.2 Å². The Bertz CT molecular complexity index is 433. The summed E-state index contributed by atoms with van der Waals surface area (Å²) in [5.41, 5.74) is 2.49. The normalized spacial score (nSPS) is 28.9. The van der Waals surface area contributed by atoms with Crippen molar-refractivity contribution in [2.24, 2.45) is 0 Å². The van der Waals surface area contributed by atoms with Gasteiger partial charge in [-0.1, -0.05) is 12.1 Å². The molecule has 1 saturated heterocycles. The Balaban J connectivity index is 1.89. The van der Waals surface area contributed by atoms with E-state index in [1.807, 2.05) is 12.1 Å². The highest BCUT2D eigenvalue weighted by atomic mass is 16.5. The summed E-state index contributed by atoms with van der Waals surface area (Å²) in [5.74, 6) is 0.471. The van der Waals surface area contributed by atoms with Crippen molar-refractivity contribution >= 4 is 0 Å². The average Bonchev–Trinajstić information content (AvgIpc) is 2.39. The number of ether oxygens (including phenoxy) is 1. The molecule has 2 aliphatic rings. The maximum Gasteiger partial charge on any atom is 0.119 e. The van der Waals surface area contributed by atoms with Gasteiger partial charge < -0.3 is 9.84 Å². The number of benzene rings is 1. The Morgan fingerprint density at radius 3 is 3.11 bits per heavy atom. The average molecular weight is 247 g/mol. The summed E-state index contributed by atoms with van der Waals surface area (Å²) in [7, 11) is 0. The predicted octanol–water partition coefficient (Wildman–Crippen LogP) is 2.49. The van der Waals surface area contributed by atoms with Crippen molar-refractivity contribution in [3.8, 4) is 5.75 Å². The molecule has 1 aliphatic carbocycles. The molecule has 2 atom stereocenters. The van der Waals surface area contributed by atoms with Crippen molar-refractivity contribution in [3.05, 3.63) is 29.3 Å². The lowest BCUT2D eigenvalue weighted by Gasteiger charge is -2.40. The second-order valence-corrected chi connectivity index (χ2v) is 5.43. The first-order chi connectivity index (χ1) is 8.75. The van der Waals surface area contributed by atoms with Crippen molar-refractivity contribution in [1.29, 1.82) is 0 Å². The molecule has 1 aromatic carbocycles. The summed E-state index contributed by atoms with van der Waals surface area (Å²) < 4.78 is 5.62. The van der Waals surface area contributed by atoms with Gasteiger partial charge in [0.2, 0.25) is 0 Å². The van der Waals surface area contributed by atoms with Crippen molar-refractivity contribution in [2.45, 2.75) is 38.3 Å². The van der Waals surface area contributed by atoms with Gasteiger partial charge in [-0.3, -0.25) is 4.90 Å². The molecular formula is C15H21NO2. The smallest absolute Gasteiger partial charge is 0.119 e. The molecule has 0 radical (unpaired) electrons. The molecule has 3 nitrogen and oxygen atoms in total. The quantitative estimate of drug-likeness (QED) is 0.827. The zero-order chi connectivity index (χ0) is 12.5. The number of phenols is 1. The molecule has 0 bridgehead atoms. The van der Waals surface area contributed by atoms with Gasteiger partial charge >= 0.3 is 0 Å². The number of morpholine rings is 1. The van der Waals surface area contributed by atoms with Crippen LogP contribution in [0, 0.1) is 0 Å². The number of fused-ring (bicyclic) bond motifs is 1. The summed E-state index contributed by atoms with van der Waals surface area (Å²) >= 11 is 0. The molecule has 1 N–H and O–H groups in total. The van der Waals surface area contributed by atoms with Crippen LogP contribution in [0.15, 0.2) is 18.2 Å². The van der Waals surface area contributed by atoms with E-state index >= 15 is 0 Å². The molecule has 1 aromatic rings. The van der Waals surface area contributed by atoms with Gasteiger partial charge in [0, 0.05) is 19.1 Å². The lowest BCUT2D eigenvalue weighted by Crippen LogP contribution is -2.43. The highest BCUT2D eigenvalue weighted by molar-refractivity contribution is 5.42. The minimum absolute atomic E-state index is 0.321. The van der Waals surface area contributed by atoms with Gasteiger partial charge in [0.1, 0.15) is 5.75 Å². The summed E-state index contributed by atoms with van der Waals surface area (Å²) in [6.07, 6.45) is 3.70. The Morgan fingerprint density at radius 1 is 1.39 bits per heavy atom. The first-order valence-electron chi connectivity index (χ1n) is 6.92. The van der Waals surface area contributed by atoms with E-state index in [0.29, 0.717) is 17.9 Å². The Labute approximate surface area is 108 Å². The van der Waals surface area contributed by atoms with Gasteiger partial charge in [-0.25, -0.2) is 0 Å². The molecule has 98 valence electrons. The van der Waals surface area contributed by atoms with Crippen LogP contribution in [0.5, 0.6) is 5.75 Å². The number of rotatable bonds is 1. The van der Waals surface area contributed by atoms with Crippen LogP contribution in [0.3, 0.4) is 0 Å². The van der Waals surface area contributed by atoms with E-state index in [1.54, 1.807) is 0 Å². The molecule has 1 aliphatic heterocycles. The van der Waals surface area contributed by atoms with Crippen LogP contribution >= 0.6 is 0 Å². The van der Waals surface area contributed by atoms with Crippen molar-refractivity contribution in [2.75, 3.05) is 19.7 Å². The zero-order valence-electron chi connectivity index (χ0n) is 10.9. The first-order valence-corrected chi connectivity index (χ1v) is 6.92. The monoisotopic (exact) mass is 247 g/mol. The minimum Gasteiger partial charge on any atom is -0.508 e. The van der Waals surface area contributed by atoms with Crippen molar-refractivity contribution < 1.29 is 9.84 Å². The summed E-state index contributed by atoms with van der Waals surface area (Å²) in [4.78, 5) is 2.52. The molecule has 3 rings (SSSR count). The molecule has 0 saturated carbocycles.